The van der Waals surface area contributed by atoms with Gasteiger partial charge in [-0.1, -0.05) is 11.8 Å². The van der Waals surface area contributed by atoms with Gasteiger partial charge in [0, 0.05) is 19.2 Å². The van der Waals surface area contributed by atoms with Gasteiger partial charge >= 0.3 is 0 Å². The molecule has 1 fully saturated rings. The van der Waals surface area contributed by atoms with Gasteiger partial charge in [0.1, 0.15) is 5.75 Å². The Balaban J connectivity index is 1.52. The molecule has 134 valence electrons. The largest absolute Gasteiger partial charge is 0.494 e. The van der Waals surface area contributed by atoms with Gasteiger partial charge in [-0.05, 0) is 31.9 Å². The second kappa shape index (κ2) is 7.77. The Morgan fingerprint density at radius 1 is 1.44 bits per heavy atom. The molecule has 0 saturated heterocycles. The first kappa shape index (κ1) is 17.6. The van der Waals surface area contributed by atoms with Crippen molar-refractivity contribution in [2.75, 3.05) is 26.0 Å². The molecule has 1 aromatic heterocycles. The summed E-state index contributed by atoms with van der Waals surface area (Å²) >= 11 is 1.32. The van der Waals surface area contributed by atoms with Crippen LogP contribution < -0.4 is 10.1 Å². The van der Waals surface area contributed by atoms with Crippen LogP contribution >= 0.6 is 11.8 Å². The number of hydrogen-bond acceptors (Lipinski definition) is 5. The molecule has 25 heavy (non-hydrogen) atoms. The van der Waals surface area contributed by atoms with E-state index in [2.05, 4.69) is 15.3 Å². The first-order chi connectivity index (χ1) is 12.0. The number of rotatable bonds is 8. The highest BCUT2D eigenvalue weighted by molar-refractivity contribution is 7.99. The van der Waals surface area contributed by atoms with Gasteiger partial charge < -0.3 is 19.9 Å². The number of fused-ring (bicyclic) bond motifs is 1. The van der Waals surface area contributed by atoms with Gasteiger partial charge in [-0.2, -0.15) is 0 Å². The molecule has 3 rings (SSSR count). The van der Waals surface area contributed by atoms with Crippen LogP contribution in [0.3, 0.4) is 0 Å². The second-order valence-electron chi connectivity index (χ2n) is 6.03. The number of likely N-dealkylation sites (N-methyl/N-ethyl adjacent to an activating group) is 1. The van der Waals surface area contributed by atoms with Crippen molar-refractivity contribution in [3.8, 4) is 5.75 Å². The number of nitrogens with zero attached hydrogens (tertiary/aromatic N) is 2. The van der Waals surface area contributed by atoms with Crippen molar-refractivity contribution in [1.82, 2.24) is 20.2 Å². The number of imidazole rings is 1. The van der Waals surface area contributed by atoms with Crippen LogP contribution in [0.15, 0.2) is 23.4 Å². The molecule has 8 heteroatoms. The van der Waals surface area contributed by atoms with Crippen LogP contribution in [-0.2, 0) is 9.59 Å². The lowest BCUT2D eigenvalue weighted by Crippen LogP contribution is -2.39. The number of H-pyrrole nitrogens is 1. The van der Waals surface area contributed by atoms with Crippen molar-refractivity contribution in [2.45, 2.75) is 31.0 Å². The van der Waals surface area contributed by atoms with E-state index >= 15 is 0 Å². The zero-order valence-electron chi connectivity index (χ0n) is 14.4. The van der Waals surface area contributed by atoms with Crippen molar-refractivity contribution in [3.63, 3.8) is 0 Å². The molecular weight excluding hydrogens is 340 g/mol. The lowest BCUT2D eigenvalue weighted by atomic mass is 10.3. The van der Waals surface area contributed by atoms with E-state index in [1.54, 1.807) is 7.05 Å². The van der Waals surface area contributed by atoms with Crippen molar-refractivity contribution < 1.29 is 14.3 Å². The van der Waals surface area contributed by atoms with Gasteiger partial charge in [0.15, 0.2) is 5.16 Å². The summed E-state index contributed by atoms with van der Waals surface area (Å²) in [6.07, 6.45) is 2.08. The van der Waals surface area contributed by atoms with E-state index in [9.17, 15) is 9.59 Å². The molecule has 2 aromatic rings. The highest BCUT2D eigenvalue weighted by atomic mass is 32.2. The quantitative estimate of drug-likeness (QED) is 0.699. The normalized spacial score (nSPS) is 13.7. The van der Waals surface area contributed by atoms with E-state index in [1.165, 1.54) is 16.7 Å². The molecule has 0 atom stereocenters. The SMILES string of the molecule is CCOc1ccc2nc(SCC(=O)N(C)CC(=O)NC3CC3)[nH]c2c1. The highest BCUT2D eigenvalue weighted by Crippen LogP contribution is 2.23. The molecule has 1 aliphatic rings. The van der Waals surface area contributed by atoms with E-state index in [1.807, 2.05) is 25.1 Å². The van der Waals surface area contributed by atoms with E-state index in [4.69, 9.17) is 4.74 Å². The molecule has 1 saturated carbocycles. The van der Waals surface area contributed by atoms with Crippen LogP contribution in [-0.4, -0.2) is 58.7 Å². The Hall–Kier alpha value is -2.22. The summed E-state index contributed by atoms with van der Waals surface area (Å²) in [5.41, 5.74) is 1.70. The summed E-state index contributed by atoms with van der Waals surface area (Å²) < 4.78 is 5.47. The van der Waals surface area contributed by atoms with E-state index in [0.717, 1.165) is 29.6 Å². The Bertz CT molecular complexity index is 772. The predicted molar refractivity (Wildman–Crippen MR) is 96.8 cm³/mol. The number of nitrogens with one attached hydrogen (secondary N) is 2. The highest BCUT2D eigenvalue weighted by Gasteiger charge is 2.24. The number of ether oxygens (including phenoxy) is 1. The molecule has 0 unspecified atom stereocenters. The van der Waals surface area contributed by atoms with Crippen LogP contribution in [0.25, 0.3) is 11.0 Å². The van der Waals surface area contributed by atoms with Gasteiger partial charge in [-0.15, -0.1) is 0 Å². The number of amides is 2. The zero-order valence-corrected chi connectivity index (χ0v) is 15.2. The Morgan fingerprint density at radius 3 is 2.96 bits per heavy atom. The molecular formula is C17H22N4O3S. The Morgan fingerprint density at radius 2 is 2.24 bits per heavy atom. The molecule has 2 amide bonds. The smallest absolute Gasteiger partial charge is 0.239 e. The number of carbonyl (C=O) groups excluding carboxylic acids is 2. The third kappa shape index (κ3) is 4.88. The molecule has 0 bridgehead atoms. The van der Waals surface area contributed by atoms with Crippen molar-refractivity contribution >= 4 is 34.6 Å². The summed E-state index contributed by atoms with van der Waals surface area (Å²) in [6, 6.07) is 5.96. The van der Waals surface area contributed by atoms with Crippen molar-refractivity contribution in [2.24, 2.45) is 0 Å². The van der Waals surface area contributed by atoms with Crippen LogP contribution in [0.5, 0.6) is 5.75 Å². The maximum Gasteiger partial charge on any atom is 0.239 e. The van der Waals surface area contributed by atoms with Crippen LogP contribution in [0.1, 0.15) is 19.8 Å². The fraction of sp³-hybridized carbons (Fsp3) is 0.471. The molecule has 2 N–H and O–H groups in total. The third-order valence-electron chi connectivity index (χ3n) is 3.82. The Labute approximate surface area is 150 Å². The summed E-state index contributed by atoms with van der Waals surface area (Å²) in [5.74, 6) is 0.806. The summed E-state index contributed by atoms with van der Waals surface area (Å²) in [5, 5.41) is 3.55. The predicted octanol–water partition coefficient (Wildman–Crippen LogP) is 1.79. The monoisotopic (exact) mass is 362 g/mol. The molecule has 1 heterocycles. The van der Waals surface area contributed by atoms with Crippen LogP contribution in [0.2, 0.25) is 0 Å². The van der Waals surface area contributed by atoms with E-state index < -0.39 is 0 Å². The third-order valence-corrected chi connectivity index (χ3v) is 4.68. The molecule has 0 radical (unpaired) electrons. The molecule has 1 aromatic carbocycles. The topological polar surface area (TPSA) is 87.3 Å². The minimum Gasteiger partial charge on any atom is -0.494 e. The molecule has 7 nitrogen and oxygen atoms in total. The van der Waals surface area contributed by atoms with Gasteiger partial charge in [0.2, 0.25) is 11.8 Å². The summed E-state index contributed by atoms with van der Waals surface area (Å²) in [4.78, 5) is 33.0. The Kier molecular flexibility index (Phi) is 5.47. The average Bonchev–Trinajstić information content (AvgIpc) is 3.29. The first-order valence-electron chi connectivity index (χ1n) is 8.34. The molecule has 0 spiro atoms. The summed E-state index contributed by atoms with van der Waals surface area (Å²) in [6.45, 7) is 2.63. The van der Waals surface area contributed by atoms with Crippen molar-refractivity contribution in [1.29, 1.82) is 0 Å². The number of hydrogen-bond donors (Lipinski definition) is 2. The van der Waals surface area contributed by atoms with Gasteiger partial charge in [-0.3, -0.25) is 9.59 Å². The maximum absolute atomic E-state index is 12.2. The van der Waals surface area contributed by atoms with E-state index in [0.29, 0.717) is 17.8 Å². The average molecular weight is 362 g/mol. The van der Waals surface area contributed by atoms with Gasteiger partial charge in [0.25, 0.3) is 0 Å². The lowest BCUT2D eigenvalue weighted by molar-refractivity contribution is -0.132. The second-order valence-corrected chi connectivity index (χ2v) is 7.00. The molecule has 0 aliphatic heterocycles. The maximum atomic E-state index is 12.2. The van der Waals surface area contributed by atoms with Crippen molar-refractivity contribution in [3.05, 3.63) is 18.2 Å². The molecule has 1 aliphatic carbocycles. The summed E-state index contributed by atoms with van der Waals surface area (Å²) in [7, 11) is 1.64. The number of carbonyl (C=O) groups is 2. The number of aromatic nitrogens is 2. The standard InChI is InChI=1S/C17H22N4O3S/c1-3-24-12-6-7-13-14(8-12)20-17(19-13)25-10-16(23)21(2)9-15(22)18-11-4-5-11/h6-8,11H,3-5,9-10H2,1-2H3,(H,18,22)(H,19,20). The van der Waals surface area contributed by atoms with Gasteiger partial charge in [0.05, 0.1) is 29.9 Å². The lowest BCUT2D eigenvalue weighted by Gasteiger charge is -2.16. The van der Waals surface area contributed by atoms with Gasteiger partial charge in [-0.25, -0.2) is 4.98 Å². The van der Waals surface area contributed by atoms with Crippen LogP contribution in [0.4, 0.5) is 0 Å². The van der Waals surface area contributed by atoms with Crippen LogP contribution in [0, 0.1) is 0 Å². The fourth-order valence-electron chi connectivity index (χ4n) is 2.33. The number of benzene rings is 1. The minimum absolute atomic E-state index is 0.0910. The first-order valence-corrected chi connectivity index (χ1v) is 9.32. The number of aromatic amines is 1. The zero-order chi connectivity index (χ0) is 17.8. The minimum atomic E-state index is -0.105. The number of thioether (sulfide) groups is 1. The fourth-order valence-corrected chi connectivity index (χ4v) is 3.16. The van der Waals surface area contributed by atoms with E-state index in [-0.39, 0.29) is 24.1 Å².